The quantitative estimate of drug-likeness (QED) is 0.533. The summed E-state index contributed by atoms with van der Waals surface area (Å²) < 4.78 is 0. The van der Waals surface area contributed by atoms with E-state index in [4.69, 9.17) is 0 Å². The third kappa shape index (κ3) is 0.956. The molecule has 1 aliphatic carbocycles. The molecule has 0 fully saturated rings. The van der Waals surface area contributed by atoms with Crippen LogP contribution in [0.4, 0.5) is 0 Å². The maximum atomic E-state index is 4.34. The van der Waals surface area contributed by atoms with E-state index in [2.05, 4.69) is 15.2 Å². The molecular weight excluding hydrogens is 174 g/mol. The molecule has 1 aromatic heterocycles. The summed E-state index contributed by atoms with van der Waals surface area (Å²) in [5, 5.41) is 9.02. The molecule has 66 valence electrons. The van der Waals surface area contributed by atoms with Crippen LogP contribution in [0.1, 0.15) is 0 Å². The molecule has 2 aliphatic rings. The van der Waals surface area contributed by atoms with Crippen molar-refractivity contribution in [3.63, 3.8) is 0 Å². The van der Waals surface area contributed by atoms with Crippen LogP contribution in [0.15, 0.2) is 42.7 Å². The first-order valence-corrected chi connectivity index (χ1v) is 4.40. The van der Waals surface area contributed by atoms with Crippen molar-refractivity contribution in [2.45, 2.75) is 0 Å². The standard InChI is InChI=1S/C11H7N3/c1-3-8-4-2-6-12-11(8)9-7-13-14-10(9)5-1/h1-7H. The van der Waals surface area contributed by atoms with Gasteiger partial charge in [0.05, 0.1) is 17.4 Å². The van der Waals surface area contributed by atoms with Gasteiger partial charge in [0.25, 0.3) is 0 Å². The van der Waals surface area contributed by atoms with Crippen LogP contribution in [0.3, 0.4) is 0 Å². The first-order valence-electron chi connectivity index (χ1n) is 4.40. The highest BCUT2D eigenvalue weighted by Crippen LogP contribution is 2.24. The Morgan fingerprint density at radius 2 is 1.93 bits per heavy atom. The first kappa shape index (κ1) is 7.38. The lowest BCUT2D eigenvalue weighted by atomic mass is 10.2. The molecule has 0 amide bonds. The third-order valence-corrected chi connectivity index (χ3v) is 2.25. The summed E-state index contributed by atoms with van der Waals surface area (Å²) in [7, 11) is 0. The van der Waals surface area contributed by atoms with Gasteiger partial charge < -0.3 is 0 Å². The third-order valence-electron chi connectivity index (χ3n) is 2.25. The van der Waals surface area contributed by atoms with E-state index in [0.717, 1.165) is 22.2 Å². The van der Waals surface area contributed by atoms with Gasteiger partial charge in [0.15, 0.2) is 0 Å². The van der Waals surface area contributed by atoms with Crippen molar-refractivity contribution < 1.29 is 0 Å². The lowest BCUT2D eigenvalue weighted by Crippen LogP contribution is -1.77. The van der Waals surface area contributed by atoms with Gasteiger partial charge in [-0.05, 0) is 12.1 Å². The van der Waals surface area contributed by atoms with Crippen LogP contribution in [0.5, 0.6) is 0 Å². The lowest BCUT2D eigenvalue weighted by Gasteiger charge is -1.93. The number of nitrogens with zero attached hydrogens (tertiary/aromatic N) is 3. The van der Waals surface area contributed by atoms with Crippen molar-refractivity contribution in [1.82, 2.24) is 15.2 Å². The van der Waals surface area contributed by atoms with Crippen LogP contribution in [-0.2, 0) is 0 Å². The van der Waals surface area contributed by atoms with Gasteiger partial charge in [0, 0.05) is 17.1 Å². The Balaban J connectivity index is 2.56. The van der Waals surface area contributed by atoms with Crippen LogP contribution >= 0.6 is 0 Å². The highest BCUT2D eigenvalue weighted by atomic mass is 15.1. The monoisotopic (exact) mass is 181 g/mol. The summed E-state index contributed by atoms with van der Waals surface area (Å²) in [6, 6.07) is 9.92. The molecule has 3 nitrogen and oxygen atoms in total. The Labute approximate surface area is 80.8 Å². The van der Waals surface area contributed by atoms with Crippen molar-refractivity contribution in [3.8, 4) is 11.3 Å². The topological polar surface area (TPSA) is 38.7 Å². The smallest absolute Gasteiger partial charge is 0.0967 e. The molecular formula is C11H7N3. The minimum Gasteiger partial charge on any atom is -0.255 e. The zero-order valence-electron chi connectivity index (χ0n) is 7.38. The van der Waals surface area contributed by atoms with Crippen molar-refractivity contribution in [3.05, 3.63) is 42.7 Å². The highest BCUT2D eigenvalue weighted by Gasteiger charge is 2.07. The highest BCUT2D eigenvalue weighted by molar-refractivity contribution is 5.91. The van der Waals surface area contributed by atoms with Crippen molar-refractivity contribution >= 4 is 10.9 Å². The summed E-state index contributed by atoms with van der Waals surface area (Å²) >= 11 is 0. The van der Waals surface area contributed by atoms with E-state index >= 15 is 0 Å². The van der Waals surface area contributed by atoms with E-state index in [1.54, 1.807) is 12.4 Å². The van der Waals surface area contributed by atoms with E-state index in [0.29, 0.717) is 0 Å². The SMILES string of the molecule is c1cnc2c3cnnc-3cccc2c1. The molecule has 0 atom stereocenters. The Bertz CT molecular complexity index is 562. The Kier molecular flexibility index (Phi) is 1.44. The molecule has 0 unspecified atom stereocenters. The van der Waals surface area contributed by atoms with E-state index in [9.17, 15) is 0 Å². The molecule has 0 saturated carbocycles. The molecule has 3 heteroatoms. The molecule has 1 aliphatic heterocycles. The number of aromatic nitrogens is 3. The average molecular weight is 181 g/mol. The molecule has 1 aromatic rings. The number of hydrogen-bond donors (Lipinski definition) is 0. The molecule has 0 N–H and O–H groups in total. The number of pyridine rings is 1. The largest absolute Gasteiger partial charge is 0.255 e. The molecule has 3 rings (SSSR count). The van der Waals surface area contributed by atoms with Crippen molar-refractivity contribution in [1.29, 1.82) is 0 Å². The number of fused-ring (bicyclic) bond motifs is 3. The van der Waals surface area contributed by atoms with Crippen LogP contribution in [0.25, 0.3) is 22.2 Å². The van der Waals surface area contributed by atoms with Gasteiger partial charge in [-0.2, -0.15) is 10.2 Å². The maximum absolute atomic E-state index is 4.34. The van der Waals surface area contributed by atoms with Gasteiger partial charge >= 0.3 is 0 Å². The van der Waals surface area contributed by atoms with Crippen LogP contribution in [-0.4, -0.2) is 15.2 Å². The van der Waals surface area contributed by atoms with Crippen LogP contribution < -0.4 is 0 Å². The minimum absolute atomic E-state index is 0.888. The second-order valence-corrected chi connectivity index (χ2v) is 3.11. The molecule has 0 aromatic carbocycles. The van der Waals surface area contributed by atoms with Gasteiger partial charge in [-0.1, -0.05) is 18.2 Å². The van der Waals surface area contributed by atoms with Crippen molar-refractivity contribution in [2.24, 2.45) is 0 Å². The predicted octanol–water partition coefficient (Wildman–Crippen LogP) is 2.13. The molecule has 14 heavy (non-hydrogen) atoms. The normalized spacial score (nSPS) is 10.9. The summed E-state index contributed by atoms with van der Waals surface area (Å²) in [6.45, 7) is 0. The molecule has 0 radical (unpaired) electrons. The number of hydrogen-bond acceptors (Lipinski definition) is 3. The first-order chi connectivity index (χ1) is 6.95. The van der Waals surface area contributed by atoms with Crippen molar-refractivity contribution in [2.75, 3.05) is 0 Å². The number of rotatable bonds is 0. The van der Waals surface area contributed by atoms with Crippen LogP contribution in [0, 0.1) is 0 Å². The summed E-state index contributed by atoms with van der Waals surface area (Å²) in [5.41, 5.74) is 2.85. The molecule has 2 heterocycles. The van der Waals surface area contributed by atoms with E-state index in [1.807, 2.05) is 30.3 Å². The Hall–Kier alpha value is -2.03. The lowest BCUT2D eigenvalue weighted by molar-refractivity contribution is 1.10. The second kappa shape index (κ2) is 2.73. The van der Waals surface area contributed by atoms with E-state index < -0.39 is 0 Å². The van der Waals surface area contributed by atoms with Gasteiger partial charge in [-0.15, -0.1) is 0 Å². The van der Waals surface area contributed by atoms with Gasteiger partial charge in [0.1, 0.15) is 0 Å². The Morgan fingerprint density at radius 1 is 1.00 bits per heavy atom. The molecule has 0 spiro atoms. The van der Waals surface area contributed by atoms with Gasteiger partial charge in [-0.25, -0.2) is 0 Å². The zero-order chi connectivity index (χ0) is 9.38. The van der Waals surface area contributed by atoms with Gasteiger partial charge in [0.2, 0.25) is 0 Å². The van der Waals surface area contributed by atoms with E-state index in [1.165, 1.54) is 0 Å². The second-order valence-electron chi connectivity index (χ2n) is 3.11. The fraction of sp³-hybridized carbons (Fsp3) is 0. The average Bonchev–Trinajstić information content (AvgIpc) is 2.61. The predicted molar refractivity (Wildman–Crippen MR) is 54.0 cm³/mol. The fourth-order valence-corrected chi connectivity index (χ4v) is 1.59. The zero-order valence-corrected chi connectivity index (χ0v) is 7.38. The summed E-state index contributed by atoms with van der Waals surface area (Å²) in [4.78, 5) is 4.34. The van der Waals surface area contributed by atoms with Crippen LogP contribution in [0.2, 0.25) is 0 Å². The van der Waals surface area contributed by atoms with Gasteiger partial charge in [-0.3, -0.25) is 4.98 Å². The van der Waals surface area contributed by atoms with E-state index in [-0.39, 0.29) is 0 Å². The molecule has 0 bridgehead atoms. The molecule has 0 saturated heterocycles. The maximum Gasteiger partial charge on any atom is 0.0967 e. The summed E-state index contributed by atoms with van der Waals surface area (Å²) in [6.07, 6.45) is 3.54. The summed E-state index contributed by atoms with van der Waals surface area (Å²) in [5.74, 6) is 0. The Morgan fingerprint density at radius 3 is 2.93 bits per heavy atom. The fourth-order valence-electron chi connectivity index (χ4n) is 1.59. The minimum atomic E-state index is 0.888.